The number of hydrogen-bond donors (Lipinski definition) is 1. The van der Waals surface area contributed by atoms with Crippen LogP contribution in [0.2, 0.25) is 0 Å². The second-order valence-electron chi connectivity index (χ2n) is 6.72. The second-order valence-corrected chi connectivity index (χ2v) is 6.72. The molecule has 2 rings (SSSR count). The van der Waals surface area contributed by atoms with Gasteiger partial charge in [0.25, 0.3) is 0 Å². The molecule has 0 heterocycles. The number of amides is 2. The van der Waals surface area contributed by atoms with Gasteiger partial charge >= 0.3 is 0 Å². The number of rotatable bonds is 8. The first-order chi connectivity index (χ1) is 13.3. The lowest BCUT2D eigenvalue weighted by Gasteiger charge is -2.25. The summed E-state index contributed by atoms with van der Waals surface area (Å²) in [6.45, 7) is 2.07. The van der Waals surface area contributed by atoms with Gasteiger partial charge in [0.05, 0.1) is 0 Å². The molecule has 7 heteroatoms. The molecule has 0 aliphatic rings. The van der Waals surface area contributed by atoms with Crippen LogP contribution in [0.15, 0.2) is 42.5 Å². The fourth-order valence-corrected chi connectivity index (χ4v) is 2.89. The normalized spacial score (nSPS) is 10.5. The molecule has 2 amide bonds. The average molecular weight is 387 g/mol. The van der Waals surface area contributed by atoms with Gasteiger partial charge in [0, 0.05) is 52.6 Å². The topological polar surface area (TPSA) is 61.9 Å². The van der Waals surface area contributed by atoms with E-state index in [1.807, 2.05) is 31.1 Å². The molecule has 150 valence electrons. The first-order valence-corrected chi connectivity index (χ1v) is 8.89. The summed E-state index contributed by atoms with van der Waals surface area (Å²) in [5, 5.41) is 2.77. The number of hydrogen-bond acceptors (Lipinski definition) is 4. The maximum Gasteiger partial charge on any atom is 0.250 e. The number of halogens is 1. The molecule has 0 atom stereocenters. The van der Waals surface area contributed by atoms with Gasteiger partial charge in [-0.05, 0) is 41.5 Å². The second kappa shape index (κ2) is 9.85. The molecule has 0 saturated heterocycles. The van der Waals surface area contributed by atoms with Gasteiger partial charge in [-0.25, -0.2) is 4.39 Å². The zero-order valence-corrected chi connectivity index (χ0v) is 16.7. The molecule has 2 aromatic rings. The lowest BCUT2D eigenvalue weighted by Crippen LogP contribution is -2.28. The molecule has 0 bridgehead atoms. The molecular formula is C21H26FN3O3. The Kier molecular flexibility index (Phi) is 7.52. The number of nitrogens with zero attached hydrogens (tertiary/aromatic N) is 2. The minimum absolute atomic E-state index is 0.0378. The predicted molar refractivity (Wildman–Crippen MR) is 108 cm³/mol. The van der Waals surface area contributed by atoms with Gasteiger partial charge in [-0.1, -0.05) is 12.1 Å². The van der Waals surface area contributed by atoms with E-state index in [4.69, 9.17) is 4.74 Å². The van der Waals surface area contributed by atoms with Gasteiger partial charge in [-0.3, -0.25) is 9.59 Å². The van der Waals surface area contributed by atoms with Crippen molar-refractivity contribution in [2.24, 2.45) is 0 Å². The molecule has 6 nitrogen and oxygen atoms in total. The summed E-state index contributed by atoms with van der Waals surface area (Å²) >= 11 is 0. The van der Waals surface area contributed by atoms with E-state index in [-0.39, 0.29) is 24.2 Å². The van der Waals surface area contributed by atoms with Crippen molar-refractivity contribution in [1.29, 1.82) is 0 Å². The number of ether oxygens (including phenoxy) is 1. The Morgan fingerprint density at radius 3 is 2.46 bits per heavy atom. The van der Waals surface area contributed by atoms with Crippen molar-refractivity contribution < 1.29 is 18.7 Å². The molecule has 0 aliphatic carbocycles. The Morgan fingerprint density at radius 2 is 1.86 bits per heavy atom. The lowest BCUT2D eigenvalue weighted by molar-refractivity contribution is -0.130. The zero-order valence-electron chi connectivity index (χ0n) is 16.7. The molecule has 0 unspecified atom stereocenters. The molecule has 0 aromatic heterocycles. The number of benzene rings is 2. The van der Waals surface area contributed by atoms with E-state index in [0.29, 0.717) is 24.3 Å². The van der Waals surface area contributed by atoms with Gasteiger partial charge < -0.3 is 19.9 Å². The molecule has 0 spiro atoms. The Hall–Kier alpha value is -2.93. The lowest BCUT2D eigenvalue weighted by atomic mass is 10.1. The van der Waals surface area contributed by atoms with Crippen LogP contribution >= 0.6 is 0 Å². The Labute approximate surface area is 164 Å². The Morgan fingerprint density at radius 1 is 1.11 bits per heavy atom. The van der Waals surface area contributed by atoms with Crippen molar-refractivity contribution >= 4 is 23.2 Å². The first-order valence-electron chi connectivity index (χ1n) is 8.89. The highest BCUT2D eigenvalue weighted by Gasteiger charge is 2.15. The van der Waals surface area contributed by atoms with Crippen LogP contribution in [0.3, 0.4) is 0 Å². The van der Waals surface area contributed by atoms with Crippen molar-refractivity contribution in [2.45, 2.75) is 20.0 Å². The fraction of sp³-hybridized carbons (Fsp3) is 0.333. The SMILES string of the molecule is COCC(=O)Nc1ccc(N(C)C)c(CN(Cc2cccc(F)c2)C(C)=O)c1. The van der Waals surface area contributed by atoms with Crippen LogP contribution in [0, 0.1) is 5.82 Å². The van der Waals surface area contributed by atoms with E-state index in [1.165, 1.54) is 26.2 Å². The van der Waals surface area contributed by atoms with Crippen LogP contribution in [0.4, 0.5) is 15.8 Å². The highest BCUT2D eigenvalue weighted by atomic mass is 19.1. The number of nitrogens with one attached hydrogen (secondary N) is 1. The van der Waals surface area contributed by atoms with Gasteiger partial charge in [-0.15, -0.1) is 0 Å². The minimum Gasteiger partial charge on any atom is -0.377 e. The van der Waals surface area contributed by atoms with E-state index in [2.05, 4.69) is 5.32 Å². The van der Waals surface area contributed by atoms with E-state index in [1.54, 1.807) is 23.1 Å². The molecule has 0 fully saturated rings. The number of carbonyl (C=O) groups excluding carboxylic acids is 2. The fourth-order valence-electron chi connectivity index (χ4n) is 2.89. The van der Waals surface area contributed by atoms with Crippen LogP contribution < -0.4 is 10.2 Å². The third kappa shape index (κ3) is 6.06. The van der Waals surface area contributed by atoms with E-state index >= 15 is 0 Å². The summed E-state index contributed by atoms with van der Waals surface area (Å²) in [5.41, 5.74) is 3.13. The minimum atomic E-state index is -0.335. The molecule has 0 radical (unpaired) electrons. The average Bonchev–Trinajstić information content (AvgIpc) is 2.61. The van der Waals surface area contributed by atoms with Crippen LogP contribution in [-0.2, 0) is 27.4 Å². The quantitative estimate of drug-likeness (QED) is 0.756. The molecule has 2 aromatic carbocycles. The molecule has 0 saturated carbocycles. The van der Waals surface area contributed by atoms with E-state index < -0.39 is 0 Å². The van der Waals surface area contributed by atoms with Crippen LogP contribution in [0.25, 0.3) is 0 Å². The number of anilines is 2. The summed E-state index contributed by atoms with van der Waals surface area (Å²) in [6.07, 6.45) is 0. The highest BCUT2D eigenvalue weighted by molar-refractivity contribution is 5.92. The van der Waals surface area contributed by atoms with Gasteiger partial charge in [0.1, 0.15) is 12.4 Å². The van der Waals surface area contributed by atoms with Gasteiger partial charge in [0.2, 0.25) is 11.8 Å². The van der Waals surface area contributed by atoms with E-state index in [0.717, 1.165) is 11.3 Å². The smallest absolute Gasteiger partial charge is 0.250 e. The predicted octanol–water partition coefficient (Wildman–Crippen LogP) is 3.03. The van der Waals surface area contributed by atoms with Crippen molar-refractivity contribution in [2.75, 3.05) is 38.0 Å². The molecule has 1 N–H and O–H groups in total. The monoisotopic (exact) mass is 387 g/mol. The van der Waals surface area contributed by atoms with Crippen LogP contribution in [0.5, 0.6) is 0 Å². The third-order valence-electron chi connectivity index (χ3n) is 4.19. The summed E-state index contributed by atoms with van der Waals surface area (Å²) in [7, 11) is 5.27. The Balaban J connectivity index is 2.28. The molecular weight excluding hydrogens is 361 g/mol. The number of carbonyl (C=O) groups is 2. The van der Waals surface area contributed by atoms with E-state index in [9.17, 15) is 14.0 Å². The summed E-state index contributed by atoms with van der Waals surface area (Å²) in [5.74, 6) is -0.713. The maximum absolute atomic E-state index is 13.5. The molecule has 28 heavy (non-hydrogen) atoms. The molecule has 0 aliphatic heterocycles. The summed E-state index contributed by atoms with van der Waals surface area (Å²) in [4.78, 5) is 27.6. The van der Waals surface area contributed by atoms with Crippen molar-refractivity contribution in [3.63, 3.8) is 0 Å². The van der Waals surface area contributed by atoms with Gasteiger partial charge in [0.15, 0.2) is 0 Å². The Bertz CT molecular complexity index is 839. The third-order valence-corrected chi connectivity index (χ3v) is 4.19. The first kappa shape index (κ1) is 21.4. The largest absolute Gasteiger partial charge is 0.377 e. The van der Waals surface area contributed by atoms with Crippen LogP contribution in [0.1, 0.15) is 18.1 Å². The van der Waals surface area contributed by atoms with Crippen molar-refractivity contribution in [3.05, 3.63) is 59.4 Å². The summed E-state index contributed by atoms with van der Waals surface area (Å²) < 4.78 is 18.3. The van der Waals surface area contributed by atoms with Crippen molar-refractivity contribution in [3.8, 4) is 0 Å². The van der Waals surface area contributed by atoms with Gasteiger partial charge in [-0.2, -0.15) is 0 Å². The zero-order chi connectivity index (χ0) is 20.7. The maximum atomic E-state index is 13.5. The highest BCUT2D eigenvalue weighted by Crippen LogP contribution is 2.25. The summed E-state index contributed by atoms with van der Waals surface area (Å²) in [6, 6.07) is 11.7. The number of methoxy groups -OCH3 is 1. The standard InChI is InChI=1S/C21H26FN3O3/c1-15(26)25(12-16-6-5-7-18(22)10-16)13-17-11-19(23-21(27)14-28-4)8-9-20(17)24(2)3/h5-11H,12-14H2,1-4H3,(H,23,27). The van der Waals surface area contributed by atoms with Crippen LogP contribution in [-0.4, -0.2) is 44.5 Å². The van der Waals surface area contributed by atoms with Crippen molar-refractivity contribution in [1.82, 2.24) is 4.90 Å².